The van der Waals surface area contributed by atoms with Gasteiger partial charge in [0.05, 0.1) is 31.0 Å². The second kappa shape index (κ2) is 9.64. The molecule has 168 valence electrons. The summed E-state index contributed by atoms with van der Waals surface area (Å²) in [5.74, 6) is -0.454. The van der Waals surface area contributed by atoms with E-state index in [1.807, 2.05) is 32.0 Å². The number of carbonyl (C=O) groups is 3. The number of ketones is 1. The van der Waals surface area contributed by atoms with Gasteiger partial charge in [0.25, 0.3) is 0 Å². The molecule has 0 spiro atoms. The first-order chi connectivity index (χ1) is 15.2. The smallest absolute Gasteiger partial charge is 0.339 e. The summed E-state index contributed by atoms with van der Waals surface area (Å²) >= 11 is 0. The van der Waals surface area contributed by atoms with Crippen LogP contribution in [0.4, 0.5) is 0 Å². The van der Waals surface area contributed by atoms with Gasteiger partial charge in [-0.3, -0.25) is 9.59 Å². The molecule has 8 nitrogen and oxygen atoms in total. The van der Waals surface area contributed by atoms with Crippen LogP contribution in [-0.2, 0) is 20.7 Å². The quantitative estimate of drug-likeness (QED) is 0.417. The molecule has 0 bridgehead atoms. The zero-order chi connectivity index (χ0) is 23.4. The monoisotopic (exact) mass is 438 g/mol. The maximum absolute atomic E-state index is 12.4. The van der Waals surface area contributed by atoms with E-state index in [1.54, 1.807) is 20.0 Å². The van der Waals surface area contributed by atoms with E-state index in [0.717, 1.165) is 11.1 Å². The SMILES string of the molecule is COC(=O)c1c(C)[nH]c(C(=O)COC(=O)CCc2ncc(-c3ccc(C)c(C)c3)o2)c1C. The standard InChI is InChI=1S/C24H26N2O6/c1-13-6-7-17(10-14(13)2)19-11-25-20(32-19)8-9-21(28)31-12-18(27)23-15(3)22(16(4)26-23)24(29)30-5/h6-7,10-11,26H,8-9,12H2,1-5H3. The summed E-state index contributed by atoms with van der Waals surface area (Å²) in [6.07, 6.45) is 1.91. The number of benzene rings is 1. The van der Waals surface area contributed by atoms with Crippen LogP contribution in [0.2, 0.25) is 0 Å². The van der Waals surface area contributed by atoms with Gasteiger partial charge in [0.2, 0.25) is 5.78 Å². The minimum absolute atomic E-state index is 0.0241. The molecule has 0 amide bonds. The molecular weight excluding hydrogens is 412 g/mol. The molecule has 3 aromatic rings. The van der Waals surface area contributed by atoms with Gasteiger partial charge in [0.15, 0.2) is 18.3 Å². The largest absolute Gasteiger partial charge is 0.465 e. The number of esters is 2. The van der Waals surface area contributed by atoms with Gasteiger partial charge in [-0.15, -0.1) is 0 Å². The highest BCUT2D eigenvalue weighted by atomic mass is 16.5. The van der Waals surface area contributed by atoms with Crippen LogP contribution in [0.5, 0.6) is 0 Å². The van der Waals surface area contributed by atoms with Crippen LogP contribution in [0.15, 0.2) is 28.8 Å². The van der Waals surface area contributed by atoms with Crippen molar-refractivity contribution in [2.24, 2.45) is 0 Å². The Bertz CT molecular complexity index is 1170. The average molecular weight is 438 g/mol. The van der Waals surface area contributed by atoms with Crippen molar-refractivity contribution >= 4 is 17.7 Å². The lowest BCUT2D eigenvalue weighted by molar-refractivity contribution is -0.142. The second-order valence-electron chi connectivity index (χ2n) is 7.62. The first-order valence-electron chi connectivity index (χ1n) is 10.2. The molecule has 1 aromatic carbocycles. The number of Topliss-reactive ketones (excluding diaryl/α,β-unsaturated/α-hetero) is 1. The number of nitrogens with zero attached hydrogens (tertiary/aromatic N) is 1. The minimum atomic E-state index is -0.543. The molecule has 0 atom stereocenters. The van der Waals surface area contributed by atoms with E-state index in [4.69, 9.17) is 13.9 Å². The van der Waals surface area contributed by atoms with Crippen LogP contribution >= 0.6 is 0 Å². The summed E-state index contributed by atoms with van der Waals surface area (Å²) < 4.78 is 15.6. The molecule has 0 aliphatic heterocycles. The van der Waals surface area contributed by atoms with Crippen LogP contribution < -0.4 is 0 Å². The highest BCUT2D eigenvalue weighted by Crippen LogP contribution is 2.23. The maximum atomic E-state index is 12.4. The molecule has 0 fully saturated rings. The molecule has 0 aliphatic rings. The van der Waals surface area contributed by atoms with E-state index in [-0.39, 0.29) is 18.5 Å². The summed E-state index contributed by atoms with van der Waals surface area (Å²) in [7, 11) is 1.27. The zero-order valence-electron chi connectivity index (χ0n) is 18.8. The molecule has 32 heavy (non-hydrogen) atoms. The Hall–Kier alpha value is -3.68. The fraction of sp³-hybridized carbons (Fsp3) is 0.333. The van der Waals surface area contributed by atoms with Crippen molar-refractivity contribution in [1.82, 2.24) is 9.97 Å². The molecule has 0 saturated heterocycles. The number of carbonyl (C=O) groups excluding carboxylic acids is 3. The molecule has 1 N–H and O–H groups in total. The van der Waals surface area contributed by atoms with Gasteiger partial charge in [-0.2, -0.15) is 0 Å². The number of hydrogen-bond acceptors (Lipinski definition) is 7. The molecule has 2 heterocycles. The average Bonchev–Trinajstić information content (AvgIpc) is 3.36. The van der Waals surface area contributed by atoms with Gasteiger partial charge in [-0.25, -0.2) is 9.78 Å². The Morgan fingerprint density at radius 2 is 1.84 bits per heavy atom. The van der Waals surface area contributed by atoms with E-state index in [9.17, 15) is 14.4 Å². The van der Waals surface area contributed by atoms with Gasteiger partial charge in [0, 0.05) is 17.7 Å². The highest BCUT2D eigenvalue weighted by molar-refractivity contribution is 6.02. The lowest BCUT2D eigenvalue weighted by atomic mass is 10.1. The predicted octanol–water partition coefficient (Wildman–Crippen LogP) is 4.05. The van der Waals surface area contributed by atoms with E-state index in [1.165, 1.54) is 12.7 Å². The third-order valence-electron chi connectivity index (χ3n) is 5.36. The Labute approximate surface area is 185 Å². The second-order valence-corrected chi connectivity index (χ2v) is 7.62. The lowest BCUT2D eigenvalue weighted by Gasteiger charge is -2.04. The maximum Gasteiger partial charge on any atom is 0.339 e. The van der Waals surface area contributed by atoms with Crippen LogP contribution in [-0.4, -0.2) is 41.4 Å². The first-order valence-corrected chi connectivity index (χ1v) is 10.2. The Morgan fingerprint density at radius 3 is 2.53 bits per heavy atom. The molecule has 0 radical (unpaired) electrons. The van der Waals surface area contributed by atoms with E-state index in [0.29, 0.717) is 28.5 Å². The van der Waals surface area contributed by atoms with E-state index >= 15 is 0 Å². The summed E-state index contributed by atoms with van der Waals surface area (Å²) in [5, 5.41) is 0. The van der Waals surface area contributed by atoms with Crippen molar-refractivity contribution in [3.05, 3.63) is 63.9 Å². The fourth-order valence-corrected chi connectivity index (χ4v) is 3.39. The van der Waals surface area contributed by atoms with Gasteiger partial charge < -0.3 is 18.9 Å². The summed E-state index contributed by atoms with van der Waals surface area (Å²) in [6.45, 7) is 6.95. The Morgan fingerprint density at radius 1 is 1.09 bits per heavy atom. The van der Waals surface area contributed by atoms with Crippen LogP contribution in [0, 0.1) is 27.7 Å². The number of aromatic nitrogens is 2. The third-order valence-corrected chi connectivity index (χ3v) is 5.36. The van der Waals surface area contributed by atoms with Gasteiger partial charge in [-0.05, 0) is 50.5 Å². The normalized spacial score (nSPS) is 10.8. The van der Waals surface area contributed by atoms with Crippen molar-refractivity contribution in [3.63, 3.8) is 0 Å². The molecule has 2 aromatic heterocycles. The number of oxazole rings is 1. The van der Waals surface area contributed by atoms with Crippen molar-refractivity contribution in [2.45, 2.75) is 40.5 Å². The zero-order valence-corrected chi connectivity index (χ0v) is 18.8. The van der Waals surface area contributed by atoms with Gasteiger partial charge >= 0.3 is 11.9 Å². The molecule has 8 heteroatoms. The van der Waals surface area contributed by atoms with E-state index in [2.05, 4.69) is 9.97 Å². The Balaban J connectivity index is 1.54. The number of hydrogen-bond donors (Lipinski definition) is 1. The lowest BCUT2D eigenvalue weighted by Crippen LogP contribution is -2.16. The van der Waals surface area contributed by atoms with Crippen molar-refractivity contribution < 1.29 is 28.3 Å². The van der Waals surface area contributed by atoms with Crippen LogP contribution in [0.3, 0.4) is 0 Å². The highest BCUT2D eigenvalue weighted by Gasteiger charge is 2.23. The number of aryl methyl sites for hydroxylation is 4. The first kappa shape index (κ1) is 23.0. The number of aromatic amines is 1. The molecular formula is C24H26N2O6. The van der Waals surface area contributed by atoms with Crippen LogP contribution in [0.25, 0.3) is 11.3 Å². The third kappa shape index (κ3) is 4.96. The number of rotatable bonds is 8. The van der Waals surface area contributed by atoms with Gasteiger partial charge in [0.1, 0.15) is 0 Å². The molecule has 3 rings (SSSR count). The number of methoxy groups -OCH3 is 1. The number of H-pyrrole nitrogens is 1. The molecule has 0 unspecified atom stereocenters. The van der Waals surface area contributed by atoms with Crippen molar-refractivity contribution in [1.29, 1.82) is 0 Å². The van der Waals surface area contributed by atoms with Gasteiger partial charge in [-0.1, -0.05) is 12.1 Å². The van der Waals surface area contributed by atoms with E-state index < -0.39 is 24.3 Å². The molecule has 0 aliphatic carbocycles. The predicted molar refractivity (Wildman–Crippen MR) is 117 cm³/mol. The minimum Gasteiger partial charge on any atom is -0.465 e. The number of nitrogens with one attached hydrogen (secondary N) is 1. The molecule has 0 saturated carbocycles. The summed E-state index contributed by atoms with van der Waals surface area (Å²) in [6, 6.07) is 6.00. The van der Waals surface area contributed by atoms with Crippen LogP contribution in [0.1, 0.15) is 55.5 Å². The fourth-order valence-electron chi connectivity index (χ4n) is 3.39. The number of ether oxygens (including phenoxy) is 2. The summed E-state index contributed by atoms with van der Waals surface area (Å²) in [4.78, 5) is 43.5. The Kier molecular flexibility index (Phi) is 6.92. The van der Waals surface area contributed by atoms with Crippen molar-refractivity contribution in [2.75, 3.05) is 13.7 Å². The topological polar surface area (TPSA) is 111 Å². The summed E-state index contributed by atoms with van der Waals surface area (Å²) in [5.41, 5.74) is 4.79. The van der Waals surface area contributed by atoms with Crippen molar-refractivity contribution in [3.8, 4) is 11.3 Å².